The van der Waals surface area contributed by atoms with Crippen molar-refractivity contribution < 1.29 is 4.74 Å². The number of H-pyrrole nitrogens is 1. The molecule has 0 amide bonds. The summed E-state index contributed by atoms with van der Waals surface area (Å²) in [6.45, 7) is 0. The van der Waals surface area contributed by atoms with Crippen LogP contribution in [0.5, 0.6) is 5.88 Å². The molecule has 0 atom stereocenters. The van der Waals surface area contributed by atoms with Crippen LogP contribution in [0.3, 0.4) is 0 Å². The zero-order valence-corrected chi connectivity index (χ0v) is 8.85. The van der Waals surface area contributed by atoms with Crippen LogP contribution < -0.4 is 4.74 Å². The van der Waals surface area contributed by atoms with Gasteiger partial charge in [-0.25, -0.2) is 0 Å². The van der Waals surface area contributed by atoms with Crippen LogP contribution in [0.1, 0.15) is 0 Å². The number of halogens is 2. The number of aromatic amines is 1. The lowest BCUT2D eigenvalue weighted by molar-refractivity contribution is 0.402. The number of hydrogen-bond acceptors (Lipinski definition) is 4. The van der Waals surface area contributed by atoms with Gasteiger partial charge in [-0.15, -0.1) is 0 Å². The molecule has 68 valence electrons. The molecule has 0 aliphatic heterocycles. The van der Waals surface area contributed by atoms with Crippen LogP contribution in [0, 0.1) is 0 Å². The molecule has 2 heterocycles. The summed E-state index contributed by atoms with van der Waals surface area (Å²) in [6.07, 6.45) is 0. The molecule has 0 aliphatic rings. The fourth-order valence-electron chi connectivity index (χ4n) is 0.987. The summed E-state index contributed by atoms with van der Waals surface area (Å²) in [4.78, 5) is 7.83. The maximum absolute atomic E-state index is 5.65. The molecule has 7 heteroatoms. The van der Waals surface area contributed by atoms with E-state index in [9.17, 15) is 0 Å². The SMILES string of the molecule is COc1nc(Cl)nc2[nH]nc(Br)c12. The van der Waals surface area contributed by atoms with E-state index in [0.29, 0.717) is 21.5 Å². The van der Waals surface area contributed by atoms with E-state index in [2.05, 4.69) is 36.1 Å². The van der Waals surface area contributed by atoms with Gasteiger partial charge >= 0.3 is 0 Å². The smallest absolute Gasteiger partial charge is 0.230 e. The molecule has 0 bridgehead atoms. The van der Waals surface area contributed by atoms with Crippen molar-refractivity contribution in [2.75, 3.05) is 7.11 Å². The molecule has 0 saturated heterocycles. The lowest BCUT2D eigenvalue weighted by Gasteiger charge is -1.99. The van der Waals surface area contributed by atoms with Crippen molar-refractivity contribution in [1.82, 2.24) is 20.2 Å². The minimum absolute atomic E-state index is 0.125. The molecule has 0 spiro atoms. The maximum Gasteiger partial charge on any atom is 0.230 e. The highest BCUT2D eigenvalue weighted by atomic mass is 79.9. The Labute approximate surface area is 86.6 Å². The van der Waals surface area contributed by atoms with E-state index in [-0.39, 0.29) is 5.28 Å². The van der Waals surface area contributed by atoms with Crippen molar-refractivity contribution in [3.63, 3.8) is 0 Å². The van der Waals surface area contributed by atoms with Gasteiger partial charge in [0.2, 0.25) is 11.2 Å². The molecule has 2 aromatic heterocycles. The van der Waals surface area contributed by atoms with E-state index >= 15 is 0 Å². The summed E-state index contributed by atoms with van der Waals surface area (Å²) in [5.41, 5.74) is 0.545. The van der Waals surface area contributed by atoms with Crippen molar-refractivity contribution in [1.29, 1.82) is 0 Å². The number of fused-ring (bicyclic) bond motifs is 1. The first-order chi connectivity index (χ1) is 6.22. The molecular weight excluding hydrogens is 259 g/mol. The van der Waals surface area contributed by atoms with Gasteiger partial charge in [0.05, 0.1) is 7.11 Å². The van der Waals surface area contributed by atoms with Crippen molar-refractivity contribution in [3.8, 4) is 5.88 Å². The lowest BCUT2D eigenvalue weighted by Crippen LogP contribution is -1.91. The molecular formula is C6H4BrClN4O. The van der Waals surface area contributed by atoms with Crippen molar-refractivity contribution >= 4 is 38.6 Å². The topological polar surface area (TPSA) is 63.7 Å². The molecule has 2 rings (SSSR count). The number of hydrogen-bond donors (Lipinski definition) is 1. The second-order valence-electron chi connectivity index (χ2n) is 2.24. The highest BCUT2D eigenvalue weighted by Crippen LogP contribution is 2.28. The van der Waals surface area contributed by atoms with Crippen molar-refractivity contribution in [3.05, 3.63) is 9.89 Å². The average Bonchev–Trinajstić information content (AvgIpc) is 2.46. The highest BCUT2D eigenvalue weighted by molar-refractivity contribution is 9.10. The van der Waals surface area contributed by atoms with Gasteiger partial charge in [0.25, 0.3) is 0 Å². The number of nitrogens with one attached hydrogen (secondary N) is 1. The van der Waals surface area contributed by atoms with Crippen LogP contribution in [0.25, 0.3) is 11.0 Å². The Morgan fingerprint density at radius 3 is 2.92 bits per heavy atom. The van der Waals surface area contributed by atoms with Crippen LogP contribution >= 0.6 is 27.5 Å². The van der Waals surface area contributed by atoms with Gasteiger partial charge in [-0.2, -0.15) is 15.1 Å². The third kappa shape index (κ3) is 1.36. The third-order valence-electron chi connectivity index (χ3n) is 1.51. The van der Waals surface area contributed by atoms with E-state index in [1.165, 1.54) is 7.11 Å². The molecule has 13 heavy (non-hydrogen) atoms. The Morgan fingerprint density at radius 2 is 2.23 bits per heavy atom. The van der Waals surface area contributed by atoms with E-state index in [4.69, 9.17) is 16.3 Å². The number of nitrogens with zero attached hydrogens (tertiary/aromatic N) is 3. The molecule has 0 aliphatic carbocycles. The van der Waals surface area contributed by atoms with Crippen LogP contribution in [-0.2, 0) is 0 Å². The second kappa shape index (κ2) is 3.12. The molecule has 5 nitrogen and oxygen atoms in total. The van der Waals surface area contributed by atoms with E-state index in [1.54, 1.807) is 0 Å². The quantitative estimate of drug-likeness (QED) is 0.797. The first-order valence-corrected chi connectivity index (χ1v) is 4.50. The molecule has 1 N–H and O–H groups in total. The third-order valence-corrected chi connectivity index (χ3v) is 2.25. The van der Waals surface area contributed by atoms with Crippen LogP contribution in [0.4, 0.5) is 0 Å². The summed E-state index contributed by atoms with van der Waals surface area (Å²) in [6, 6.07) is 0. The first-order valence-electron chi connectivity index (χ1n) is 3.33. The van der Waals surface area contributed by atoms with E-state index < -0.39 is 0 Å². The summed E-state index contributed by atoms with van der Waals surface area (Å²) in [5, 5.41) is 7.40. The predicted molar refractivity (Wildman–Crippen MR) is 50.9 cm³/mol. The van der Waals surface area contributed by atoms with Gasteiger partial charge < -0.3 is 4.74 Å². The summed E-state index contributed by atoms with van der Waals surface area (Å²) >= 11 is 8.88. The lowest BCUT2D eigenvalue weighted by atomic mass is 10.4. The zero-order chi connectivity index (χ0) is 9.42. The molecule has 2 aromatic rings. The minimum Gasteiger partial charge on any atom is -0.480 e. The Kier molecular flexibility index (Phi) is 2.09. The maximum atomic E-state index is 5.65. The number of aromatic nitrogens is 4. The number of ether oxygens (including phenoxy) is 1. The fraction of sp³-hybridized carbons (Fsp3) is 0.167. The van der Waals surface area contributed by atoms with E-state index in [1.807, 2.05) is 0 Å². The average molecular weight is 263 g/mol. The highest BCUT2D eigenvalue weighted by Gasteiger charge is 2.12. The van der Waals surface area contributed by atoms with Crippen LogP contribution in [0.2, 0.25) is 5.28 Å². The summed E-state index contributed by atoms with van der Waals surface area (Å²) < 4.78 is 5.63. The molecule has 0 saturated carbocycles. The minimum atomic E-state index is 0.125. The van der Waals surface area contributed by atoms with Gasteiger partial charge in [0.15, 0.2) is 5.65 Å². The first kappa shape index (κ1) is 8.71. The second-order valence-corrected chi connectivity index (χ2v) is 3.33. The molecule has 0 radical (unpaired) electrons. The monoisotopic (exact) mass is 262 g/mol. The summed E-state index contributed by atoms with van der Waals surface area (Å²) in [5.74, 6) is 0.399. The largest absolute Gasteiger partial charge is 0.480 e. The number of rotatable bonds is 1. The molecule has 0 unspecified atom stereocenters. The van der Waals surface area contributed by atoms with Crippen LogP contribution in [-0.4, -0.2) is 27.3 Å². The van der Waals surface area contributed by atoms with Gasteiger partial charge in [0, 0.05) is 0 Å². The Bertz CT molecular complexity index is 457. The van der Waals surface area contributed by atoms with Gasteiger partial charge in [-0.3, -0.25) is 5.10 Å². The standard InChI is InChI=1S/C6H4BrClN4O/c1-13-5-2-3(7)11-12-4(2)9-6(8)10-5/h1H3,(H,9,10,11,12). The Balaban J connectivity index is 2.85. The molecule has 0 fully saturated rings. The van der Waals surface area contributed by atoms with Gasteiger partial charge in [0.1, 0.15) is 9.99 Å². The number of methoxy groups -OCH3 is 1. The van der Waals surface area contributed by atoms with Crippen LogP contribution in [0.15, 0.2) is 4.60 Å². The van der Waals surface area contributed by atoms with Gasteiger partial charge in [-0.05, 0) is 27.5 Å². The van der Waals surface area contributed by atoms with Crippen molar-refractivity contribution in [2.24, 2.45) is 0 Å². The Morgan fingerprint density at radius 1 is 1.46 bits per heavy atom. The zero-order valence-electron chi connectivity index (χ0n) is 6.51. The normalized spacial score (nSPS) is 10.7. The summed E-state index contributed by atoms with van der Waals surface area (Å²) in [7, 11) is 1.51. The van der Waals surface area contributed by atoms with E-state index in [0.717, 1.165) is 0 Å². The molecule has 0 aromatic carbocycles. The Hall–Kier alpha value is -0.880. The van der Waals surface area contributed by atoms with Gasteiger partial charge in [-0.1, -0.05) is 0 Å². The fourth-order valence-corrected chi connectivity index (χ4v) is 1.59. The van der Waals surface area contributed by atoms with Crippen molar-refractivity contribution in [2.45, 2.75) is 0 Å². The predicted octanol–water partition coefficient (Wildman–Crippen LogP) is 1.78.